The highest BCUT2D eigenvalue weighted by molar-refractivity contribution is 5.45. The summed E-state index contributed by atoms with van der Waals surface area (Å²) in [5.74, 6) is 2.14. The van der Waals surface area contributed by atoms with Crippen molar-refractivity contribution in [2.24, 2.45) is 11.7 Å². The minimum absolute atomic E-state index is 0.110. The zero-order valence-electron chi connectivity index (χ0n) is 13.0. The predicted octanol–water partition coefficient (Wildman–Crippen LogP) is 4.12. The van der Waals surface area contributed by atoms with Gasteiger partial charge in [-0.2, -0.15) is 0 Å². The van der Waals surface area contributed by atoms with E-state index in [0.29, 0.717) is 11.8 Å². The second kappa shape index (κ2) is 5.53. The van der Waals surface area contributed by atoms with Crippen LogP contribution >= 0.6 is 0 Å². The van der Waals surface area contributed by atoms with Crippen molar-refractivity contribution in [3.8, 4) is 5.75 Å². The minimum atomic E-state index is 0.110. The van der Waals surface area contributed by atoms with Gasteiger partial charge in [-0.1, -0.05) is 42.5 Å². The van der Waals surface area contributed by atoms with Gasteiger partial charge in [0, 0.05) is 6.04 Å². The lowest BCUT2D eigenvalue weighted by Crippen LogP contribution is -2.14. The summed E-state index contributed by atoms with van der Waals surface area (Å²) in [6.07, 6.45) is 1.19. The van der Waals surface area contributed by atoms with Gasteiger partial charge in [-0.25, -0.2) is 0 Å². The Morgan fingerprint density at radius 1 is 1.10 bits per heavy atom. The largest absolute Gasteiger partial charge is 0.496 e. The summed E-state index contributed by atoms with van der Waals surface area (Å²) >= 11 is 0. The van der Waals surface area contributed by atoms with E-state index in [9.17, 15) is 0 Å². The molecule has 0 aromatic heterocycles. The molecule has 2 heteroatoms. The monoisotopic (exact) mass is 281 g/mol. The predicted molar refractivity (Wildman–Crippen MR) is 86.7 cm³/mol. The molecule has 0 saturated heterocycles. The molecular weight excluding hydrogens is 258 g/mol. The Hall–Kier alpha value is -1.80. The fourth-order valence-corrected chi connectivity index (χ4v) is 3.44. The van der Waals surface area contributed by atoms with E-state index in [0.717, 1.165) is 5.75 Å². The molecule has 0 spiro atoms. The average molecular weight is 281 g/mol. The fourth-order valence-electron chi connectivity index (χ4n) is 3.44. The van der Waals surface area contributed by atoms with Crippen LogP contribution in [0.25, 0.3) is 0 Å². The zero-order chi connectivity index (χ0) is 15.0. The Morgan fingerprint density at radius 2 is 1.71 bits per heavy atom. The van der Waals surface area contributed by atoms with Crippen molar-refractivity contribution in [2.75, 3.05) is 7.11 Å². The van der Waals surface area contributed by atoms with E-state index >= 15 is 0 Å². The standard InChI is InChI=1S/C19H23NO/c1-12-9-15(10-13(2)19(12)21-3)18(20)17-11-16(17)14-7-5-4-6-8-14/h4-10,16-18H,11,20H2,1-3H3. The number of ether oxygens (including phenoxy) is 1. The van der Waals surface area contributed by atoms with E-state index in [2.05, 4.69) is 56.3 Å². The van der Waals surface area contributed by atoms with Crippen LogP contribution in [0.4, 0.5) is 0 Å². The maximum Gasteiger partial charge on any atom is 0.124 e. The molecule has 1 saturated carbocycles. The number of nitrogens with two attached hydrogens (primary N) is 1. The lowest BCUT2D eigenvalue weighted by Gasteiger charge is -2.16. The Balaban J connectivity index is 1.80. The van der Waals surface area contributed by atoms with Crippen molar-refractivity contribution < 1.29 is 4.74 Å². The third-order valence-electron chi connectivity index (χ3n) is 4.60. The first kappa shape index (κ1) is 14.2. The van der Waals surface area contributed by atoms with Gasteiger partial charge in [0.05, 0.1) is 7.11 Å². The lowest BCUT2D eigenvalue weighted by atomic mass is 9.96. The number of hydrogen-bond acceptors (Lipinski definition) is 2. The molecule has 0 bridgehead atoms. The molecule has 1 fully saturated rings. The van der Waals surface area contributed by atoms with Crippen LogP contribution in [0.2, 0.25) is 0 Å². The summed E-state index contributed by atoms with van der Waals surface area (Å²) in [4.78, 5) is 0. The van der Waals surface area contributed by atoms with E-state index < -0.39 is 0 Å². The molecule has 2 aromatic carbocycles. The molecule has 0 amide bonds. The summed E-state index contributed by atoms with van der Waals surface area (Å²) in [6.45, 7) is 4.17. The van der Waals surface area contributed by atoms with Crippen LogP contribution < -0.4 is 10.5 Å². The van der Waals surface area contributed by atoms with Crippen LogP contribution in [0.5, 0.6) is 5.75 Å². The topological polar surface area (TPSA) is 35.2 Å². The van der Waals surface area contributed by atoms with Gasteiger partial charge >= 0.3 is 0 Å². The minimum Gasteiger partial charge on any atom is -0.496 e. The zero-order valence-corrected chi connectivity index (χ0v) is 13.0. The first-order chi connectivity index (χ1) is 10.1. The van der Waals surface area contributed by atoms with Crippen LogP contribution in [-0.4, -0.2) is 7.11 Å². The van der Waals surface area contributed by atoms with E-state index in [1.165, 1.54) is 28.7 Å². The van der Waals surface area contributed by atoms with E-state index in [1.807, 2.05) is 0 Å². The smallest absolute Gasteiger partial charge is 0.124 e. The van der Waals surface area contributed by atoms with Gasteiger partial charge in [0.15, 0.2) is 0 Å². The van der Waals surface area contributed by atoms with Gasteiger partial charge in [0.1, 0.15) is 5.75 Å². The summed E-state index contributed by atoms with van der Waals surface area (Å²) in [7, 11) is 1.72. The summed E-state index contributed by atoms with van der Waals surface area (Å²) in [6, 6.07) is 15.2. The molecule has 0 aliphatic heterocycles. The third-order valence-corrected chi connectivity index (χ3v) is 4.60. The fraction of sp³-hybridized carbons (Fsp3) is 0.368. The molecule has 3 unspecified atom stereocenters. The molecule has 1 aliphatic rings. The molecule has 21 heavy (non-hydrogen) atoms. The molecule has 0 heterocycles. The van der Waals surface area contributed by atoms with Gasteiger partial charge in [-0.05, 0) is 54.4 Å². The van der Waals surface area contributed by atoms with Crippen LogP contribution in [-0.2, 0) is 0 Å². The Kier molecular flexibility index (Phi) is 3.73. The number of benzene rings is 2. The second-order valence-electron chi connectivity index (χ2n) is 6.13. The number of rotatable bonds is 4. The number of methoxy groups -OCH3 is 1. The SMILES string of the molecule is COc1c(C)cc(C(N)C2CC2c2ccccc2)cc1C. The van der Waals surface area contributed by atoms with Crippen molar-refractivity contribution in [1.29, 1.82) is 0 Å². The Bertz CT molecular complexity index is 612. The Labute approximate surface area is 126 Å². The maximum atomic E-state index is 6.52. The average Bonchev–Trinajstić information content (AvgIpc) is 3.27. The molecule has 2 nitrogen and oxygen atoms in total. The van der Waals surface area contributed by atoms with Crippen LogP contribution in [0.1, 0.15) is 40.6 Å². The van der Waals surface area contributed by atoms with E-state index in [1.54, 1.807) is 7.11 Å². The van der Waals surface area contributed by atoms with Crippen LogP contribution in [0, 0.1) is 19.8 Å². The highest BCUT2D eigenvalue weighted by Gasteiger charge is 2.42. The van der Waals surface area contributed by atoms with Crippen molar-refractivity contribution >= 4 is 0 Å². The van der Waals surface area contributed by atoms with Gasteiger partial charge in [-0.3, -0.25) is 0 Å². The Morgan fingerprint density at radius 3 is 2.29 bits per heavy atom. The van der Waals surface area contributed by atoms with Crippen molar-refractivity contribution in [3.63, 3.8) is 0 Å². The molecule has 3 rings (SSSR count). The molecular formula is C19H23NO. The first-order valence-electron chi connectivity index (χ1n) is 7.57. The molecule has 110 valence electrons. The van der Waals surface area contributed by atoms with Crippen molar-refractivity contribution in [3.05, 3.63) is 64.7 Å². The quantitative estimate of drug-likeness (QED) is 0.915. The highest BCUT2D eigenvalue weighted by atomic mass is 16.5. The molecule has 1 aliphatic carbocycles. The summed E-state index contributed by atoms with van der Waals surface area (Å²) in [5, 5.41) is 0. The molecule has 3 atom stereocenters. The molecule has 0 radical (unpaired) electrons. The van der Waals surface area contributed by atoms with Crippen LogP contribution in [0.15, 0.2) is 42.5 Å². The summed E-state index contributed by atoms with van der Waals surface area (Å²) in [5.41, 5.74) is 11.5. The highest BCUT2D eigenvalue weighted by Crippen LogP contribution is 2.53. The van der Waals surface area contributed by atoms with Gasteiger partial charge < -0.3 is 10.5 Å². The number of hydrogen-bond donors (Lipinski definition) is 1. The van der Waals surface area contributed by atoms with Crippen LogP contribution in [0.3, 0.4) is 0 Å². The molecule has 2 aromatic rings. The van der Waals surface area contributed by atoms with E-state index in [-0.39, 0.29) is 6.04 Å². The van der Waals surface area contributed by atoms with Gasteiger partial charge in [0.25, 0.3) is 0 Å². The lowest BCUT2D eigenvalue weighted by molar-refractivity contribution is 0.408. The maximum absolute atomic E-state index is 6.52. The summed E-state index contributed by atoms with van der Waals surface area (Å²) < 4.78 is 5.44. The molecule has 2 N–H and O–H groups in total. The van der Waals surface area contributed by atoms with Crippen molar-refractivity contribution in [2.45, 2.75) is 32.2 Å². The second-order valence-corrected chi connectivity index (χ2v) is 6.13. The van der Waals surface area contributed by atoms with Crippen molar-refractivity contribution in [1.82, 2.24) is 0 Å². The normalized spacial score (nSPS) is 21.9. The van der Waals surface area contributed by atoms with Gasteiger partial charge in [0.2, 0.25) is 0 Å². The first-order valence-corrected chi connectivity index (χ1v) is 7.57. The third kappa shape index (κ3) is 2.68. The van der Waals surface area contributed by atoms with Gasteiger partial charge in [-0.15, -0.1) is 0 Å². The number of aryl methyl sites for hydroxylation is 2. The van der Waals surface area contributed by atoms with E-state index in [4.69, 9.17) is 10.5 Å².